The van der Waals surface area contributed by atoms with Crippen molar-refractivity contribution in [3.8, 4) is 0 Å². The van der Waals surface area contributed by atoms with Gasteiger partial charge in [-0.2, -0.15) is 5.48 Å². The van der Waals surface area contributed by atoms with Gasteiger partial charge in [0.25, 0.3) is 0 Å². The molecule has 0 aromatic rings. The summed E-state index contributed by atoms with van der Waals surface area (Å²) in [6.45, 7) is 3.50. The molecule has 2 N–H and O–H groups in total. The molecular formula is C6H13NO2. The van der Waals surface area contributed by atoms with Crippen LogP contribution in [0.4, 0.5) is 0 Å². The van der Waals surface area contributed by atoms with Crippen molar-refractivity contribution in [2.45, 2.75) is 25.3 Å². The van der Waals surface area contributed by atoms with E-state index in [1.54, 1.807) is 0 Å². The van der Waals surface area contributed by atoms with Gasteiger partial charge in [0, 0.05) is 18.8 Å². The molecule has 0 saturated carbocycles. The molecule has 0 spiro atoms. The Morgan fingerprint density at radius 2 is 2.00 bits per heavy atom. The molecule has 1 rings (SSSR count). The molecular weight excluding hydrogens is 118 g/mol. The Kier molecular flexibility index (Phi) is 2.05. The normalized spacial score (nSPS) is 26.0. The van der Waals surface area contributed by atoms with Crippen molar-refractivity contribution in [1.82, 2.24) is 5.48 Å². The summed E-state index contributed by atoms with van der Waals surface area (Å²) in [6.07, 6.45) is 1.78. The lowest BCUT2D eigenvalue weighted by atomic mass is 9.94. The van der Waals surface area contributed by atoms with Crippen LogP contribution < -0.4 is 5.48 Å². The zero-order valence-electron chi connectivity index (χ0n) is 5.68. The van der Waals surface area contributed by atoms with E-state index in [4.69, 9.17) is 9.94 Å². The topological polar surface area (TPSA) is 41.5 Å². The van der Waals surface area contributed by atoms with Gasteiger partial charge in [-0.15, -0.1) is 0 Å². The van der Waals surface area contributed by atoms with E-state index in [0.29, 0.717) is 0 Å². The summed E-state index contributed by atoms with van der Waals surface area (Å²) in [5.41, 5.74) is 2.20. The summed E-state index contributed by atoms with van der Waals surface area (Å²) in [5, 5.41) is 8.64. The third-order valence-corrected chi connectivity index (χ3v) is 1.87. The van der Waals surface area contributed by atoms with Crippen molar-refractivity contribution in [2.24, 2.45) is 0 Å². The number of hydrogen-bond acceptors (Lipinski definition) is 3. The third kappa shape index (κ3) is 1.64. The van der Waals surface area contributed by atoms with E-state index in [0.717, 1.165) is 26.1 Å². The maximum atomic E-state index is 8.64. The molecule has 1 aliphatic heterocycles. The van der Waals surface area contributed by atoms with Crippen LogP contribution in [0.25, 0.3) is 0 Å². The average molecular weight is 131 g/mol. The molecule has 1 aliphatic rings. The smallest absolute Gasteiger partial charge is 0.0484 e. The summed E-state index contributed by atoms with van der Waals surface area (Å²) in [7, 11) is 0. The highest BCUT2D eigenvalue weighted by Gasteiger charge is 2.25. The van der Waals surface area contributed by atoms with Crippen LogP contribution in [-0.2, 0) is 4.74 Å². The Morgan fingerprint density at radius 3 is 2.33 bits per heavy atom. The minimum absolute atomic E-state index is 0.0990. The summed E-state index contributed by atoms with van der Waals surface area (Å²) in [4.78, 5) is 0. The van der Waals surface area contributed by atoms with Gasteiger partial charge >= 0.3 is 0 Å². The second-order valence-electron chi connectivity index (χ2n) is 2.78. The van der Waals surface area contributed by atoms with Crippen LogP contribution in [0.15, 0.2) is 0 Å². The van der Waals surface area contributed by atoms with E-state index in [1.807, 2.05) is 6.92 Å². The minimum Gasteiger partial charge on any atom is -0.381 e. The van der Waals surface area contributed by atoms with Gasteiger partial charge in [0.2, 0.25) is 0 Å². The quantitative estimate of drug-likeness (QED) is 0.510. The monoisotopic (exact) mass is 131 g/mol. The van der Waals surface area contributed by atoms with Crippen LogP contribution in [0.5, 0.6) is 0 Å². The average Bonchev–Trinajstić information content (AvgIpc) is 1.90. The third-order valence-electron chi connectivity index (χ3n) is 1.87. The molecule has 0 aromatic carbocycles. The maximum absolute atomic E-state index is 8.64. The van der Waals surface area contributed by atoms with Crippen LogP contribution in [0.3, 0.4) is 0 Å². The van der Waals surface area contributed by atoms with E-state index >= 15 is 0 Å². The Bertz CT molecular complexity index is 89.1. The molecule has 0 atom stereocenters. The largest absolute Gasteiger partial charge is 0.381 e. The molecule has 1 heterocycles. The van der Waals surface area contributed by atoms with Crippen molar-refractivity contribution >= 4 is 0 Å². The molecule has 3 nitrogen and oxygen atoms in total. The van der Waals surface area contributed by atoms with Crippen LogP contribution in [0, 0.1) is 0 Å². The molecule has 0 aliphatic carbocycles. The van der Waals surface area contributed by atoms with E-state index in [-0.39, 0.29) is 5.54 Å². The van der Waals surface area contributed by atoms with Crippen LogP contribution in [0.2, 0.25) is 0 Å². The maximum Gasteiger partial charge on any atom is 0.0484 e. The fraction of sp³-hybridized carbons (Fsp3) is 1.00. The van der Waals surface area contributed by atoms with Crippen molar-refractivity contribution in [3.63, 3.8) is 0 Å². The number of rotatable bonds is 1. The molecule has 0 bridgehead atoms. The molecule has 54 valence electrons. The second kappa shape index (κ2) is 2.64. The summed E-state index contributed by atoms with van der Waals surface area (Å²) >= 11 is 0. The van der Waals surface area contributed by atoms with Crippen LogP contribution in [-0.4, -0.2) is 24.0 Å². The molecule has 3 heteroatoms. The molecule has 0 amide bonds. The second-order valence-corrected chi connectivity index (χ2v) is 2.78. The van der Waals surface area contributed by atoms with Gasteiger partial charge in [0.1, 0.15) is 0 Å². The standard InChI is InChI=1S/C6H13NO2/c1-6(7-8)2-4-9-5-3-6/h7-8H,2-5H2,1H3. The summed E-state index contributed by atoms with van der Waals surface area (Å²) in [6, 6.07) is 0. The predicted octanol–water partition coefficient (Wildman–Crippen LogP) is 0.534. The van der Waals surface area contributed by atoms with Gasteiger partial charge in [0.05, 0.1) is 0 Å². The zero-order chi connectivity index (χ0) is 6.74. The Balaban J connectivity index is 2.37. The van der Waals surface area contributed by atoms with Crippen LogP contribution in [0.1, 0.15) is 19.8 Å². The summed E-state index contributed by atoms with van der Waals surface area (Å²) in [5.74, 6) is 0. The number of ether oxygens (including phenoxy) is 1. The predicted molar refractivity (Wildman–Crippen MR) is 33.4 cm³/mol. The van der Waals surface area contributed by atoms with Crippen molar-refractivity contribution in [2.75, 3.05) is 13.2 Å². The Morgan fingerprint density at radius 1 is 1.44 bits per heavy atom. The lowest BCUT2D eigenvalue weighted by Crippen LogP contribution is -2.44. The van der Waals surface area contributed by atoms with Crippen LogP contribution >= 0.6 is 0 Å². The van der Waals surface area contributed by atoms with E-state index in [2.05, 4.69) is 5.48 Å². The highest BCUT2D eigenvalue weighted by Crippen LogP contribution is 2.18. The molecule has 9 heavy (non-hydrogen) atoms. The highest BCUT2D eigenvalue weighted by atomic mass is 16.5. The first-order chi connectivity index (χ1) is 4.27. The molecule has 0 radical (unpaired) electrons. The first-order valence-corrected chi connectivity index (χ1v) is 3.26. The molecule has 1 saturated heterocycles. The van der Waals surface area contributed by atoms with E-state index < -0.39 is 0 Å². The highest BCUT2D eigenvalue weighted by molar-refractivity contribution is 4.81. The Labute approximate surface area is 55.0 Å². The zero-order valence-corrected chi connectivity index (χ0v) is 5.68. The number of hydroxylamine groups is 1. The van der Waals surface area contributed by atoms with Gasteiger partial charge in [-0.3, -0.25) is 0 Å². The molecule has 0 aromatic heterocycles. The van der Waals surface area contributed by atoms with Gasteiger partial charge in [-0.25, -0.2) is 0 Å². The van der Waals surface area contributed by atoms with Gasteiger partial charge < -0.3 is 9.94 Å². The molecule has 0 unspecified atom stereocenters. The summed E-state index contributed by atoms with van der Waals surface area (Å²) < 4.78 is 5.12. The number of nitrogens with one attached hydrogen (secondary N) is 1. The van der Waals surface area contributed by atoms with Gasteiger partial charge in [-0.05, 0) is 19.8 Å². The van der Waals surface area contributed by atoms with E-state index in [1.165, 1.54) is 0 Å². The first kappa shape index (κ1) is 6.99. The first-order valence-electron chi connectivity index (χ1n) is 3.26. The lowest BCUT2D eigenvalue weighted by molar-refractivity contribution is -0.0169. The van der Waals surface area contributed by atoms with E-state index in [9.17, 15) is 0 Å². The minimum atomic E-state index is -0.0990. The van der Waals surface area contributed by atoms with Crippen molar-refractivity contribution < 1.29 is 9.94 Å². The Hall–Kier alpha value is -0.120. The SMILES string of the molecule is CC1(NO)CCOCC1. The van der Waals surface area contributed by atoms with Gasteiger partial charge in [0.15, 0.2) is 0 Å². The number of hydrogen-bond donors (Lipinski definition) is 2. The van der Waals surface area contributed by atoms with Gasteiger partial charge in [-0.1, -0.05) is 0 Å². The fourth-order valence-corrected chi connectivity index (χ4v) is 0.934. The lowest BCUT2D eigenvalue weighted by Gasteiger charge is -2.31. The molecule has 1 fully saturated rings. The van der Waals surface area contributed by atoms with Crippen molar-refractivity contribution in [3.05, 3.63) is 0 Å². The van der Waals surface area contributed by atoms with Crippen molar-refractivity contribution in [1.29, 1.82) is 0 Å². The fourth-order valence-electron chi connectivity index (χ4n) is 0.934.